The first-order valence-electron chi connectivity index (χ1n) is 5.46. The zero-order chi connectivity index (χ0) is 15.1. The number of hydrogen-bond donors (Lipinski definition) is 1. The van der Waals surface area contributed by atoms with Crippen LogP contribution in [0.25, 0.3) is 10.2 Å². The summed E-state index contributed by atoms with van der Waals surface area (Å²) >= 11 is 26.2. The molecule has 0 radical (unpaired) electrons. The molecule has 108 valence electrons. The van der Waals surface area contributed by atoms with Gasteiger partial charge in [0.1, 0.15) is 9.85 Å². The number of rotatable bonds is 2. The molecule has 0 aliphatic heterocycles. The average Bonchev–Trinajstić information content (AvgIpc) is 2.97. The summed E-state index contributed by atoms with van der Waals surface area (Å²) in [6.45, 7) is 0. The summed E-state index contributed by atoms with van der Waals surface area (Å²) in [5, 5.41) is 3.87. The van der Waals surface area contributed by atoms with Crippen molar-refractivity contribution in [3.63, 3.8) is 0 Å². The summed E-state index contributed by atoms with van der Waals surface area (Å²) in [5.41, 5.74) is 0.869. The Kier molecular flexibility index (Phi) is 4.32. The first kappa shape index (κ1) is 15.3. The van der Waals surface area contributed by atoms with Gasteiger partial charge in [0.2, 0.25) is 0 Å². The Labute approximate surface area is 147 Å². The van der Waals surface area contributed by atoms with Crippen LogP contribution in [0.5, 0.6) is 0 Å². The van der Waals surface area contributed by atoms with Gasteiger partial charge in [0.15, 0.2) is 5.13 Å². The van der Waals surface area contributed by atoms with Gasteiger partial charge in [-0.2, -0.15) is 0 Å². The van der Waals surface area contributed by atoms with Crippen molar-refractivity contribution < 1.29 is 4.79 Å². The molecule has 0 bridgehead atoms. The molecule has 21 heavy (non-hydrogen) atoms. The largest absolute Gasteiger partial charge is 0.298 e. The van der Waals surface area contributed by atoms with Crippen molar-refractivity contribution in [1.29, 1.82) is 0 Å². The van der Waals surface area contributed by atoms with Crippen molar-refractivity contribution in [3.8, 4) is 0 Å². The van der Waals surface area contributed by atoms with Crippen LogP contribution in [-0.4, -0.2) is 10.9 Å². The molecule has 3 aromatic rings. The van der Waals surface area contributed by atoms with Crippen molar-refractivity contribution in [2.75, 3.05) is 5.32 Å². The maximum Gasteiger partial charge on any atom is 0.259 e. The standard InChI is InChI=1S/C12H4Cl4N2OS2/c13-5-1-2-6-9(8(5)15)17-12(20-6)18-11(19)4-3-7(14)21-10(4)16/h1-3H,(H,17,18,19). The van der Waals surface area contributed by atoms with Crippen LogP contribution in [0.2, 0.25) is 18.7 Å². The normalized spacial score (nSPS) is 11.0. The van der Waals surface area contributed by atoms with Gasteiger partial charge in [0, 0.05) is 0 Å². The minimum atomic E-state index is -0.371. The SMILES string of the molecule is O=C(Nc1nc2c(Cl)c(Cl)ccc2s1)c1cc(Cl)sc1Cl. The number of carbonyl (C=O) groups excluding carboxylic acids is 1. The van der Waals surface area contributed by atoms with Crippen LogP contribution in [-0.2, 0) is 0 Å². The molecule has 0 aliphatic carbocycles. The van der Waals surface area contributed by atoms with E-state index in [1.54, 1.807) is 12.1 Å². The Bertz CT molecular complexity index is 858. The smallest absolute Gasteiger partial charge is 0.259 e. The highest BCUT2D eigenvalue weighted by atomic mass is 35.5. The van der Waals surface area contributed by atoms with E-state index in [0.717, 1.165) is 16.0 Å². The average molecular weight is 398 g/mol. The van der Waals surface area contributed by atoms with Crippen molar-refractivity contribution in [2.45, 2.75) is 0 Å². The Balaban J connectivity index is 1.93. The summed E-state index contributed by atoms with van der Waals surface area (Å²) in [5.74, 6) is -0.371. The molecule has 0 aliphatic rings. The van der Waals surface area contributed by atoms with Crippen LogP contribution in [0.1, 0.15) is 10.4 Å². The first-order valence-corrected chi connectivity index (χ1v) is 8.61. The van der Waals surface area contributed by atoms with E-state index in [2.05, 4.69) is 10.3 Å². The highest BCUT2D eigenvalue weighted by molar-refractivity contribution is 7.22. The van der Waals surface area contributed by atoms with E-state index in [1.165, 1.54) is 17.4 Å². The number of nitrogens with zero attached hydrogens (tertiary/aromatic N) is 1. The molecule has 1 amide bonds. The fourth-order valence-electron chi connectivity index (χ4n) is 1.65. The number of amides is 1. The molecular formula is C12H4Cl4N2OS2. The predicted octanol–water partition coefficient (Wildman–Crippen LogP) is 6.22. The number of thiophene rings is 1. The minimum absolute atomic E-state index is 0.315. The third kappa shape index (κ3) is 2.99. The number of carbonyl (C=O) groups is 1. The van der Waals surface area contributed by atoms with Crippen LogP contribution >= 0.6 is 69.1 Å². The summed E-state index contributed by atoms with van der Waals surface area (Å²) in [7, 11) is 0. The lowest BCUT2D eigenvalue weighted by Crippen LogP contribution is -2.10. The molecule has 0 atom stereocenters. The van der Waals surface area contributed by atoms with Gasteiger partial charge < -0.3 is 0 Å². The second kappa shape index (κ2) is 5.91. The molecule has 3 nitrogen and oxygen atoms in total. The van der Waals surface area contributed by atoms with Gasteiger partial charge in [-0.25, -0.2) is 4.98 Å². The maximum atomic E-state index is 12.1. The van der Waals surface area contributed by atoms with E-state index in [9.17, 15) is 4.79 Å². The van der Waals surface area contributed by atoms with Gasteiger partial charge >= 0.3 is 0 Å². The Hall–Kier alpha value is -0.560. The van der Waals surface area contributed by atoms with Gasteiger partial charge in [0.05, 0.1) is 24.6 Å². The molecular weight excluding hydrogens is 394 g/mol. The molecule has 2 aromatic heterocycles. The fourth-order valence-corrected chi connectivity index (χ4v) is 4.39. The molecule has 0 fully saturated rings. The number of benzene rings is 1. The van der Waals surface area contributed by atoms with Crippen LogP contribution < -0.4 is 5.32 Å². The number of nitrogens with one attached hydrogen (secondary N) is 1. The third-order valence-corrected chi connectivity index (χ3v) is 5.79. The molecule has 1 aromatic carbocycles. The quantitative estimate of drug-likeness (QED) is 0.557. The Morgan fingerprint density at radius 1 is 1.14 bits per heavy atom. The second-order valence-electron chi connectivity index (χ2n) is 3.92. The number of hydrogen-bond acceptors (Lipinski definition) is 4. The van der Waals surface area contributed by atoms with Crippen LogP contribution in [0, 0.1) is 0 Å². The van der Waals surface area contributed by atoms with E-state index in [1.807, 2.05) is 0 Å². The Morgan fingerprint density at radius 2 is 1.90 bits per heavy atom. The highest BCUT2D eigenvalue weighted by Gasteiger charge is 2.17. The fraction of sp³-hybridized carbons (Fsp3) is 0. The number of aromatic nitrogens is 1. The molecule has 0 spiro atoms. The first-order chi connectivity index (χ1) is 9.95. The number of thiazole rings is 1. The molecule has 9 heteroatoms. The maximum absolute atomic E-state index is 12.1. The zero-order valence-corrected chi connectivity index (χ0v) is 14.6. The predicted molar refractivity (Wildman–Crippen MR) is 91.9 cm³/mol. The van der Waals surface area contributed by atoms with E-state index in [0.29, 0.717) is 34.9 Å². The van der Waals surface area contributed by atoms with Crippen molar-refractivity contribution in [2.24, 2.45) is 0 Å². The third-order valence-electron chi connectivity index (χ3n) is 2.57. The summed E-state index contributed by atoms with van der Waals surface area (Å²) in [6.07, 6.45) is 0. The monoisotopic (exact) mass is 396 g/mol. The van der Waals surface area contributed by atoms with Gasteiger partial charge in [-0.05, 0) is 18.2 Å². The van der Waals surface area contributed by atoms with E-state index in [4.69, 9.17) is 46.4 Å². The number of anilines is 1. The zero-order valence-electron chi connectivity index (χ0n) is 9.92. The summed E-state index contributed by atoms with van der Waals surface area (Å²) < 4.78 is 1.61. The molecule has 3 rings (SSSR count). The van der Waals surface area contributed by atoms with Crippen molar-refractivity contribution in [3.05, 3.63) is 42.5 Å². The number of halogens is 4. The molecule has 2 heterocycles. The van der Waals surface area contributed by atoms with E-state index in [-0.39, 0.29) is 5.91 Å². The van der Waals surface area contributed by atoms with E-state index < -0.39 is 0 Å². The molecule has 1 N–H and O–H groups in total. The highest BCUT2D eigenvalue weighted by Crippen LogP contribution is 2.36. The van der Waals surface area contributed by atoms with Crippen LogP contribution in [0.3, 0.4) is 0 Å². The second-order valence-corrected chi connectivity index (χ2v) is 8.02. The van der Waals surface area contributed by atoms with Gasteiger partial charge in [-0.3, -0.25) is 10.1 Å². The number of fused-ring (bicyclic) bond motifs is 1. The lowest BCUT2D eigenvalue weighted by molar-refractivity contribution is 0.102. The van der Waals surface area contributed by atoms with Crippen molar-refractivity contribution in [1.82, 2.24) is 4.98 Å². The summed E-state index contributed by atoms with van der Waals surface area (Å²) in [6, 6.07) is 5.00. The van der Waals surface area contributed by atoms with Crippen molar-refractivity contribution >= 4 is 90.3 Å². The van der Waals surface area contributed by atoms with Crippen LogP contribution in [0.4, 0.5) is 5.13 Å². The molecule has 0 unspecified atom stereocenters. The van der Waals surface area contributed by atoms with Gasteiger partial charge in [-0.15, -0.1) is 11.3 Å². The lowest BCUT2D eigenvalue weighted by Gasteiger charge is -1.98. The van der Waals surface area contributed by atoms with E-state index >= 15 is 0 Å². The molecule has 0 saturated carbocycles. The minimum Gasteiger partial charge on any atom is -0.298 e. The van der Waals surface area contributed by atoms with Crippen LogP contribution in [0.15, 0.2) is 18.2 Å². The summed E-state index contributed by atoms with van der Waals surface area (Å²) in [4.78, 5) is 16.4. The lowest BCUT2D eigenvalue weighted by atomic mass is 10.3. The molecule has 0 saturated heterocycles. The van der Waals surface area contributed by atoms with Gasteiger partial charge in [-0.1, -0.05) is 57.7 Å². The van der Waals surface area contributed by atoms with Gasteiger partial charge in [0.25, 0.3) is 5.91 Å². The Morgan fingerprint density at radius 3 is 2.57 bits per heavy atom. The topological polar surface area (TPSA) is 42.0 Å².